The standard InChI is InChI=1S/C11H12FN3/c12-9-1-3-11(4-2-9)15-8-6-10(14-15)5-7-13/h1-4,6,8H,5,7,13H2. The van der Waals surface area contributed by atoms with Crippen LogP contribution in [-0.2, 0) is 6.42 Å². The Morgan fingerprint density at radius 2 is 1.93 bits per heavy atom. The molecule has 0 aliphatic heterocycles. The summed E-state index contributed by atoms with van der Waals surface area (Å²) in [5.41, 5.74) is 7.22. The molecule has 3 nitrogen and oxygen atoms in total. The zero-order valence-corrected chi connectivity index (χ0v) is 8.23. The molecule has 0 bridgehead atoms. The number of aromatic nitrogens is 2. The number of nitrogens with two attached hydrogens (primary N) is 1. The van der Waals surface area contributed by atoms with E-state index in [0.29, 0.717) is 6.54 Å². The predicted molar refractivity (Wildman–Crippen MR) is 56.3 cm³/mol. The van der Waals surface area contributed by atoms with Gasteiger partial charge >= 0.3 is 0 Å². The number of hydrogen-bond acceptors (Lipinski definition) is 2. The average Bonchev–Trinajstić information content (AvgIpc) is 2.68. The molecule has 2 rings (SSSR count). The Morgan fingerprint density at radius 3 is 2.60 bits per heavy atom. The van der Waals surface area contributed by atoms with E-state index in [0.717, 1.165) is 17.8 Å². The molecule has 1 aromatic heterocycles. The first-order valence-corrected chi connectivity index (χ1v) is 4.80. The van der Waals surface area contributed by atoms with Crippen LogP contribution in [0.25, 0.3) is 5.69 Å². The molecule has 0 amide bonds. The molecular formula is C11H12FN3. The van der Waals surface area contributed by atoms with Crippen LogP contribution < -0.4 is 5.73 Å². The lowest BCUT2D eigenvalue weighted by molar-refractivity contribution is 0.627. The quantitative estimate of drug-likeness (QED) is 0.825. The van der Waals surface area contributed by atoms with Gasteiger partial charge in [0.2, 0.25) is 0 Å². The second-order valence-electron chi connectivity index (χ2n) is 3.27. The summed E-state index contributed by atoms with van der Waals surface area (Å²) in [7, 11) is 0. The zero-order chi connectivity index (χ0) is 10.7. The lowest BCUT2D eigenvalue weighted by atomic mass is 10.3. The van der Waals surface area contributed by atoms with Crippen molar-refractivity contribution in [3.63, 3.8) is 0 Å². The summed E-state index contributed by atoms with van der Waals surface area (Å²) in [6.07, 6.45) is 2.60. The molecule has 1 aromatic carbocycles. The van der Waals surface area contributed by atoms with E-state index in [1.54, 1.807) is 16.8 Å². The van der Waals surface area contributed by atoms with E-state index in [2.05, 4.69) is 5.10 Å². The molecule has 78 valence electrons. The Balaban J connectivity index is 2.25. The van der Waals surface area contributed by atoms with Crippen molar-refractivity contribution in [2.24, 2.45) is 5.73 Å². The van der Waals surface area contributed by atoms with Gasteiger partial charge in [-0.05, 0) is 36.9 Å². The fourth-order valence-electron chi connectivity index (χ4n) is 1.38. The van der Waals surface area contributed by atoms with Crippen LogP contribution in [0, 0.1) is 5.82 Å². The van der Waals surface area contributed by atoms with Gasteiger partial charge in [0, 0.05) is 12.6 Å². The van der Waals surface area contributed by atoms with Crippen LogP contribution in [0.1, 0.15) is 5.69 Å². The summed E-state index contributed by atoms with van der Waals surface area (Å²) in [6.45, 7) is 0.584. The first kappa shape index (κ1) is 9.86. The summed E-state index contributed by atoms with van der Waals surface area (Å²) in [5.74, 6) is -0.243. The number of nitrogens with zero attached hydrogens (tertiary/aromatic N) is 2. The number of halogens is 1. The highest BCUT2D eigenvalue weighted by molar-refractivity contribution is 5.31. The third-order valence-corrected chi connectivity index (χ3v) is 2.14. The topological polar surface area (TPSA) is 43.8 Å². The van der Waals surface area contributed by atoms with Crippen LogP contribution in [0.2, 0.25) is 0 Å². The molecule has 4 heteroatoms. The van der Waals surface area contributed by atoms with E-state index in [1.165, 1.54) is 12.1 Å². The molecule has 0 saturated heterocycles. The monoisotopic (exact) mass is 205 g/mol. The van der Waals surface area contributed by atoms with Crippen molar-refractivity contribution in [1.82, 2.24) is 9.78 Å². The van der Waals surface area contributed by atoms with Crippen LogP contribution in [0.3, 0.4) is 0 Å². The minimum atomic E-state index is -0.243. The molecule has 0 spiro atoms. The van der Waals surface area contributed by atoms with Crippen LogP contribution in [-0.4, -0.2) is 16.3 Å². The number of hydrogen-bond donors (Lipinski definition) is 1. The van der Waals surface area contributed by atoms with Gasteiger partial charge in [0.15, 0.2) is 0 Å². The molecule has 2 aromatic rings. The SMILES string of the molecule is NCCc1ccn(-c2ccc(F)cc2)n1. The summed E-state index contributed by atoms with van der Waals surface area (Å²) < 4.78 is 14.4. The summed E-state index contributed by atoms with van der Waals surface area (Å²) in [4.78, 5) is 0. The van der Waals surface area contributed by atoms with E-state index in [-0.39, 0.29) is 5.82 Å². The van der Waals surface area contributed by atoms with Gasteiger partial charge in [0.1, 0.15) is 5.82 Å². The van der Waals surface area contributed by atoms with E-state index in [4.69, 9.17) is 5.73 Å². The Bertz CT molecular complexity index is 433. The molecule has 1 heterocycles. The van der Waals surface area contributed by atoms with Crippen LogP contribution in [0.4, 0.5) is 4.39 Å². The molecule has 0 atom stereocenters. The van der Waals surface area contributed by atoms with Gasteiger partial charge in [0.25, 0.3) is 0 Å². The van der Waals surface area contributed by atoms with Crippen LogP contribution >= 0.6 is 0 Å². The van der Waals surface area contributed by atoms with Crippen molar-refractivity contribution < 1.29 is 4.39 Å². The second kappa shape index (κ2) is 4.23. The number of benzene rings is 1. The van der Waals surface area contributed by atoms with Crippen LogP contribution in [0.5, 0.6) is 0 Å². The Morgan fingerprint density at radius 1 is 1.20 bits per heavy atom. The largest absolute Gasteiger partial charge is 0.330 e. The molecule has 0 unspecified atom stereocenters. The van der Waals surface area contributed by atoms with Crippen molar-refractivity contribution in [3.05, 3.63) is 48.0 Å². The molecule has 15 heavy (non-hydrogen) atoms. The normalized spacial score (nSPS) is 10.5. The highest BCUT2D eigenvalue weighted by Crippen LogP contribution is 2.08. The van der Waals surface area contributed by atoms with Crippen molar-refractivity contribution in [3.8, 4) is 5.69 Å². The van der Waals surface area contributed by atoms with E-state index in [1.807, 2.05) is 12.3 Å². The highest BCUT2D eigenvalue weighted by Gasteiger charge is 2.00. The fraction of sp³-hybridized carbons (Fsp3) is 0.182. The zero-order valence-electron chi connectivity index (χ0n) is 8.23. The Hall–Kier alpha value is -1.68. The van der Waals surface area contributed by atoms with Gasteiger partial charge in [-0.3, -0.25) is 0 Å². The van der Waals surface area contributed by atoms with Crippen LogP contribution in [0.15, 0.2) is 36.5 Å². The lowest BCUT2D eigenvalue weighted by Crippen LogP contribution is -2.04. The molecule has 0 saturated carbocycles. The van der Waals surface area contributed by atoms with Crippen molar-refractivity contribution in [2.45, 2.75) is 6.42 Å². The molecule has 0 aliphatic carbocycles. The second-order valence-corrected chi connectivity index (χ2v) is 3.27. The van der Waals surface area contributed by atoms with Crippen molar-refractivity contribution in [1.29, 1.82) is 0 Å². The average molecular weight is 205 g/mol. The molecule has 0 radical (unpaired) electrons. The third-order valence-electron chi connectivity index (χ3n) is 2.14. The summed E-state index contributed by atoms with van der Waals surface area (Å²) in [6, 6.07) is 8.12. The first-order valence-electron chi connectivity index (χ1n) is 4.80. The maximum Gasteiger partial charge on any atom is 0.123 e. The first-order chi connectivity index (χ1) is 7.29. The molecule has 0 aliphatic rings. The van der Waals surface area contributed by atoms with Gasteiger partial charge in [-0.1, -0.05) is 0 Å². The van der Waals surface area contributed by atoms with E-state index >= 15 is 0 Å². The minimum Gasteiger partial charge on any atom is -0.330 e. The fourth-order valence-corrected chi connectivity index (χ4v) is 1.38. The summed E-state index contributed by atoms with van der Waals surface area (Å²) >= 11 is 0. The Labute approximate surface area is 87.3 Å². The van der Waals surface area contributed by atoms with Gasteiger partial charge in [0.05, 0.1) is 11.4 Å². The smallest absolute Gasteiger partial charge is 0.123 e. The van der Waals surface area contributed by atoms with Gasteiger partial charge in [-0.25, -0.2) is 9.07 Å². The van der Waals surface area contributed by atoms with Gasteiger partial charge < -0.3 is 5.73 Å². The van der Waals surface area contributed by atoms with E-state index < -0.39 is 0 Å². The maximum absolute atomic E-state index is 12.7. The van der Waals surface area contributed by atoms with Gasteiger partial charge in [-0.15, -0.1) is 0 Å². The van der Waals surface area contributed by atoms with Crippen molar-refractivity contribution >= 4 is 0 Å². The molecule has 0 fully saturated rings. The third kappa shape index (κ3) is 2.22. The Kier molecular flexibility index (Phi) is 2.78. The summed E-state index contributed by atoms with van der Waals surface area (Å²) in [5, 5.41) is 4.31. The van der Waals surface area contributed by atoms with Gasteiger partial charge in [-0.2, -0.15) is 5.10 Å². The predicted octanol–water partition coefficient (Wildman–Crippen LogP) is 1.51. The molecule has 2 N–H and O–H groups in total. The maximum atomic E-state index is 12.7. The number of rotatable bonds is 3. The highest BCUT2D eigenvalue weighted by atomic mass is 19.1. The minimum absolute atomic E-state index is 0.243. The lowest BCUT2D eigenvalue weighted by Gasteiger charge is -2.00. The van der Waals surface area contributed by atoms with E-state index in [9.17, 15) is 4.39 Å². The van der Waals surface area contributed by atoms with Crippen molar-refractivity contribution in [2.75, 3.05) is 6.54 Å². The molecular weight excluding hydrogens is 193 g/mol.